The largest absolute Gasteiger partial charge is 0.411 e. The maximum Gasteiger partial charge on any atom is 0.328 e. The SMILES string of the molecule is CC(C)CN(C[C@@H](O)[C@H](Cc1ccccc1)NC(=O)[C@H](C(C)C)N1CC(=O)N(Cc2nc3ccccc3n2C)C1=O)S(=O)(=O)c1ccc(C=NO)cc1. The molecule has 0 bridgehead atoms. The van der Waals surface area contributed by atoms with Gasteiger partial charge < -0.3 is 25.1 Å². The Kier molecular flexibility index (Phi) is 12.3. The van der Waals surface area contributed by atoms with Crippen molar-refractivity contribution in [3.63, 3.8) is 0 Å². The van der Waals surface area contributed by atoms with Gasteiger partial charge in [-0.3, -0.25) is 14.5 Å². The van der Waals surface area contributed by atoms with Crippen LogP contribution in [0.5, 0.6) is 0 Å². The molecule has 0 radical (unpaired) electrons. The van der Waals surface area contributed by atoms with Crippen LogP contribution >= 0.6 is 0 Å². The topological polar surface area (TPSA) is 178 Å². The highest BCUT2D eigenvalue weighted by molar-refractivity contribution is 7.89. The lowest BCUT2D eigenvalue weighted by molar-refractivity contribution is -0.129. The van der Waals surface area contributed by atoms with Gasteiger partial charge in [0.25, 0.3) is 5.91 Å². The van der Waals surface area contributed by atoms with Crippen LogP contribution in [-0.2, 0) is 39.6 Å². The standard InChI is InChI=1S/C38H47N7O7S/c1-25(2)21-43(53(51,52)29-17-15-28(16-18-29)20-39-50)22-33(46)31(19-27-11-7-6-8-12-27)41-37(48)36(26(3)4)45-24-35(47)44(38(45)49)23-34-40-30-13-9-10-14-32(30)42(34)5/h6-18,20,25-26,31,33,36,46,50H,19,21-24H2,1-5H3,(H,41,48)/t31-,33+,36-/m0/s1. The van der Waals surface area contributed by atoms with Crippen LogP contribution < -0.4 is 5.32 Å². The fraction of sp³-hybridized carbons (Fsp3) is 0.395. The molecule has 4 amide bonds. The molecule has 1 fully saturated rings. The third kappa shape index (κ3) is 8.92. The van der Waals surface area contributed by atoms with Gasteiger partial charge in [0.2, 0.25) is 15.9 Å². The molecular weight excluding hydrogens is 699 g/mol. The number of carbonyl (C=O) groups excluding carboxylic acids is 3. The summed E-state index contributed by atoms with van der Waals surface area (Å²) in [6.07, 6.45) is -0.0283. The summed E-state index contributed by atoms with van der Waals surface area (Å²) >= 11 is 0. The summed E-state index contributed by atoms with van der Waals surface area (Å²) < 4.78 is 30.8. The summed E-state index contributed by atoms with van der Waals surface area (Å²) in [7, 11) is -2.29. The average molecular weight is 746 g/mol. The molecule has 3 aromatic carbocycles. The number of hydrogen-bond donors (Lipinski definition) is 3. The number of nitrogens with one attached hydrogen (secondary N) is 1. The third-order valence-electron chi connectivity index (χ3n) is 9.27. The molecule has 1 aromatic heterocycles. The number of imidazole rings is 1. The average Bonchev–Trinajstić information content (AvgIpc) is 3.58. The Labute approximate surface area is 309 Å². The first-order valence-electron chi connectivity index (χ1n) is 17.5. The summed E-state index contributed by atoms with van der Waals surface area (Å²) in [4.78, 5) is 48.3. The van der Waals surface area contributed by atoms with Crippen molar-refractivity contribution in [2.45, 2.75) is 63.7 Å². The summed E-state index contributed by atoms with van der Waals surface area (Å²) in [5.74, 6) is -1.05. The molecule has 53 heavy (non-hydrogen) atoms. The van der Waals surface area contributed by atoms with E-state index in [4.69, 9.17) is 5.21 Å². The van der Waals surface area contributed by atoms with Gasteiger partial charge in [0.15, 0.2) is 0 Å². The van der Waals surface area contributed by atoms with Crippen molar-refractivity contribution in [2.24, 2.45) is 24.0 Å². The summed E-state index contributed by atoms with van der Waals surface area (Å²) in [6, 6.07) is 19.8. The number of nitrogens with zero attached hydrogens (tertiary/aromatic N) is 6. The van der Waals surface area contributed by atoms with Crippen molar-refractivity contribution in [1.29, 1.82) is 0 Å². The zero-order valence-electron chi connectivity index (χ0n) is 30.5. The molecule has 1 aliphatic heterocycles. The van der Waals surface area contributed by atoms with E-state index in [2.05, 4.69) is 15.5 Å². The highest BCUT2D eigenvalue weighted by Gasteiger charge is 2.45. The molecule has 5 rings (SSSR count). The second-order valence-corrected chi connectivity index (χ2v) is 16.0. The van der Waals surface area contributed by atoms with Gasteiger partial charge in [-0.05, 0) is 53.6 Å². The van der Waals surface area contributed by atoms with E-state index in [-0.39, 0.29) is 43.4 Å². The number of rotatable bonds is 16. The van der Waals surface area contributed by atoms with Crippen molar-refractivity contribution in [1.82, 2.24) is 29.0 Å². The molecule has 14 nitrogen and oxygen atoms in total. The number of carbonyl (C=O) groups is 3. The maximum absolute atomic E-state index is 14.2. The van der Waals surface area contributed by atoms with Crippen molar-refractivity contribution in [2.75, 3.05) is 19.6 Å². The lowest BCUT2D eigenvalue weighted by Gasteiger charge is -2.34. The number of amides is 4. The fourth-order valence-corrected chi connectivity index (χ4v) is 8.21. The summed E-state index contributed by atoms with van der Waals surface area (Å²) in [5, 5.41) is 26.5. The van der Waals surface area contributed by atoms with E-state index in [1.807, 2.05) is 80.1 Å². The predicted octanol–water partition coefficient (Wildman–Crippen LogP) is 3.61. The molecule has 3 atom stereocenters. The van der Waals surface area contributed by atoms with Gasteiger partial charge >= 0.3 is 6.03 Å². The number of aromatic nitrogens is 2. The van der Waals surface area contributed by atoms with Crippen molar-refractivity contribution in [3.05, 3.63) is 95.8 Å². The number of fused-ring (bicyclic) bond motifs is 1. The number of aliphatic hydroxyl groups excluding tert-OH is 1. The lowest BCUT2D eigenvalue weighted by atomic mass is 9.97. The zero-order valence-corrected chi connectivity index (χ0v) is 31.3. The number of urea groups is 1. The van der Waals surface area contributed by atoms with Crippen LogP contribution in [0.15, 0.2) is 88.9 Å². The number of oxime groups is 1. The number of para-hydroxylation sites is 2. The van der Waals surface area contributed by atoms with E-state index in [0.717, 1.165) is 21.5 Å². The molecule has 0 aliphatic carbocycles. The molecule has 1 saturated heterocycles. The highest BCUT2D eigenvalue weighted by atomic mass is 32.2. The van der Waals surface area contributed by atoms with E-state index in [1.165, 1.54) is 39.7 Å². The second kappa shape index (κ2) is 16.7. The van der Waals surface area contributed by atoms with Crippen LogP contribution in [0.1, 0.15) is 44.6 Å². The third-order valence-corrected chi connectivity index (χ3v) is 11.1. The number of benzene rings is 3. The van der Waals surface area contributed by atoms with Gasteiger partial charge in [-0.25, -0.2) is 18.2 Å². The highest BCUT2D eigenvalue weighted by Crippen LogP contribution is 2.24. The van der Waals surface area contributed by atoms with E-state index >= 15 is 0 Å². The number of hydrogen-bond acceptors (Lipinski definition) is 9. The molecule has 4 aromatic rings. The quantitative estimate of drug-likeness (QED) is 0.0674. The van der Waals surface area contributed by atoms with Crippen LogP contribution in [0.4, 0.5) is 4.79 Å². The smallest absolute Gasteiger partial charge is 0.328 e. The Morgan fingerprint density at radius 1 is 0.981 bits per heavy atom. The van der Waals surface area contributed by atoms with Gasteiger partial charge in [0, 0.05) is 20.1 Å². The number of sulfonamides is 1. The van der Waals surface area contributed by atoms with Crippen LogP contribution in [0, 0.1) is 11.8 Å². The monoisotopic (exact) mass is 745 g/mol. The molecule has 15 heteroatoms. The van der Waals surface area contributed by atoms with Crippen LogP contribution in [0.25, 0.3) is 11.0 Å². The van der Waals surface area contributed by atoms with Gasteiger partial charge in [-0.2, -0.15) is 4.31 Å². The minimum Gasteiger partial charge on any atom is -0.411 e. The van der Waals surface area contributed by atoms with Gasteiger partial charge in [-0.1, -0.05) is 87.4 Å². The van der Waals surface area contributed by atoms with Crippen LogP contribution in [-0.4, -0.2) is 104 Å². The molecule has 0 spiro atoms. The van der Waals surface area contributed by atoms with Crippen molar-refractivity contribution >= 4 is 45.1 Å². The van der Waals surface area contributed by atoms with Crippen LogP contribution in [0.3, 0.4) is 0 Å². The van der Waals surface area contributed by atoms with Gasteiger partial charge in [0.05, 0.1) is 40.8 Å². The first kappa shape index (κ1) is 39.1. The molecule has 1 aliphatic rings. The minimum atomic E-state index is -4.11. The van der Waals surface area contributed by atoms with Gasteiger partial charge in [-0.15, -0.1) is 0 Å². The second-order valence-electron chi connectivity index (χ2n) is 14.1. The molecule has 0 saturated carbocycles. The lowest BCUT2D eigenvalue weighted by Crippen LogP contribution is -2.57. The Morgan fingerprint density at radius 3 is 2.26 bits per heavy atom. The Balaban J connectivity index is 1.39. The Hall–Kier alpha value is -5.12. The Bertz CT molecular complexity index is 2050. The first-order chi connectivity index (χ1) is 25.2. The normalized spacial score (nSPS) is 15.7. The summed E-state index contributed by atoms with van der Waals surface area (Å²) in [5.41, 5.74) is 2.87. The Morgan fingerprint density at radius 2 is 1.64 bits per heavy atom. The van der Waals surface area contributed by atoms with E-state index in [1.54, 1.807) is 13.8 Å². The van der Waals surface area contributed by atoms with Crippen molar-refractivity contribution in [3.8, 4) is 0 Å². The molecular formula is C38H47N7O7S. The number of aryl methyl sites for hydroxylation is 1. The maximum atomic E-state index is 14.2. The van der Waals surface area contributed by atoms with E-state index < -0.39 is 52.0 Å². The number of imide groups is 1. The van der Waals surface area contributed by atoms with Crippen LogP contribution in [0.2, 0.25) is 0 Å². The van der Waals surface area contributed by atoms with E-state index in [0.29, 0.717) is 11.4 Å². The number of aliphatic hydroxyl groups is 1. The van der Waals surface area contributed by atoms with Gasteiger partial charge in [0.1, 0.15) is 18.4 Å². The van der Waals surface area contributed by atoms with Crippen molar-refractivity contribution < 1.29 is 33.1 Å². The minimum absolute atomic E-state index is 0.00985. The molecule has 2 heterocycles. The molecule has 282 valence electrons. The van der Waals surface area contributed by atoms with E-state index in [9.17, 15) is 27.9 Å². The molecule has 0 unspecified atom stereocenters. The fourth-order valence-electron chi connectivity index (χ4n) is 6.59. The first-order valence-corrected chi connectivity index (χ1v) is 19.0. The zero-order chi connectivity index (χ0) is 38.4. The molecule has 3 N–H and O–H groups in total. The summed E-state index contributed by atoms with van der Waals surface area (Å²) in [6.45, 7) is 6.64. The predicted molar refractivity (Wildman–Crippen MR) is 199 cm³/mol.